The van der Waals surface area contributed by atoms with Crippen molar-refractivity contribution in [2.75, 3.05) is 24.5 Å². The number of nitrogens with two attached hydrogens (primary N) is 1. The van der Waals surface area contributed by atoms with Crippen LogP contribution < -0.4 is 10.6 Å². The maximum Gasteiger partial charge on any atom is 0.0369 e. The largest absolute Gasteiger partial charge is 0.370 e. The molecule has 0 aliphatic rings. The molecule has 0 aromatic heterocycles. The monoisotopic (exact) mass is 234 g/mol. The first-order valence-corrected chi connectivity index (χ1v) is 6.57. The van der Waals surface area contributed by atoms with Crippen LogP contribution in [-0.4, -0.2) is 19.6 Å². The van der Waals surface area contributed by atoms with Gasteiger partial charge >= 0.3 is 0 Å². The Balaban J connectivity index is 2.77. The zero-order valence-corrected chi connectivity index (χ0v) is 11.7. The molecule has 0 atom stereocenters. The molecule has 96 valence electrons. The summed E-state index contributed by atoms with van der Waals surface area (Å²) in [5.41, 5.74) is 9.71. The Kier molecular flexibility index (Phi) is 5.49. The molecule has 0 saturated carbocycles. The second-order valence-corrected chi connectivity index (χ2v) is 5.23. The molecule has 0 saturated heterocycles. The van der Waals surface area contributed by atoms with Gasteiger partial charge in [0.2, 0.25) is 0 Å². The van der Waals surface area contributed by atoms with Crippen molar-refractivity contribution in [3.63, 3.8) is 0 Å². The lowest BCUT2D eigenvalue weighted by molar-refractivity contribution is 0.573. The lowest BCUT2D eigenvalue weighted by Crippen LogP contribution is -2.31. The highest BCUT2D eigenvalue weighted by Gasteiger charge is 2.07. The zero-order valence-electron chi connectivity index (χ0n) is 11.7. The van der Waals surface area contributed by atoms with Crippen molar-refractivity contribution >= 4 is 5.69 Å². The Bertz CT molecular complexity index is 345. The Morgan fingerprint density at radius 2 is 1.82 bits per heavy atom. The Morgan fingerprint density at radius 3 is 2.35 bits per heavy atom. The fraction of sp³-hybridized carbons (Fsp3) is 0.600. The van der Waals surface area contributed by atoms with E-state index in [4.69, 9.17) is 5.73 Å². The van der Waals surface area contributed by atoms with Crippen molar-refractivity contribution < 1.29 is 0 Å². The van der Waals surface area contributed by atoms with Crippen molar-refractivity contribution in [1.82, 2.24) is 0 Å². The number of rotatable bonds is 6. The van der Waals surface area contributed by atoms with Crippen molar-refractivity contribution in [3.05, 3.63) is 29.3 Å². The Morgan fingerprint density at radius 1 is 1.12 bits per heavy atom. The van der Waals surface area contributed by atoms with E-state index in [1.165, 1.54) is 23.2 Å². The first kappa shape index (κ1) is 14.0. The first-order chi connectivity index (χ1) is 8.04. The predicted octanol–water partition coefficient (Wildman–Crippen LogP) is 3.11. The number of aryl methyl sites for hydroxylation is 2. The third kappa shape index (κ3) is 4.39. The minimum absolute atomic E-state index is 0.713. The Labute approximate surface area is 106 Å². The molecule has 1 aromatic rings. The average Bonchev–Trinajstić information content (AvgIpc) is 2.28. The molecule has 1 aromatic carbocycles. The van der Waals surface area contributed by atoms with Gasteiger partial charge in [0.15, 0.2) is 0 Å². The molecule has 0 aliphatic heterocycles. The van der Waals surface area contributed by atoms with Crippen LogP contribution in [-0.2, 0) is 0 Å². The van der Waals surface area contributed by atoms with E-state index < -0.39 is 0 Å². The second kappa shape index (κ2) is 6.65. The third-order valence-corrected chi connectivity index (χ3v) is 3.23. The van der Waals surface area contributed by atoms with Crippen LogP contribution in [0, 0.1) is 19.8 Å². The van der Waals surface area contributed by atoms with Crippen molar-refractivity contribution in [3.8, 4) is 0 Å². The van der Waals surface area contributed by atoms with Crippen molar-refractivity contribution in [1.29, 1.82) is 0 Å². The van der Waals surface area contributed by atoms with Gasteiger partial charge in [-0.05, 0) is 49.4 Å². The van der Waals surface area contributed by atoms with E-state index in [9.17, 15) is 0 Å². The lowest BCUT2D eigenvalue weighted by Gasteiger charge is -2.25. The summed E-state index contributed by atoms with van der Waals surface area (Å²) in [5.74, 6) is 0.738. The topological polar surface area (TPSA) is 29.3 Å². The van der Waals surface area contributed by atoms with Crippen LogP contribution in [0.2, 0.25) is 0 Å². The number of nitrogens with zero attached hydrogens (tertiary/aromatic N) is 1. The summed E-state index contributed by atoms with van der Waals surface area (Å²) in [6.07, 6.45) is 1.22. The molecule has 2 heteroatoms. The van der Waals surface area contributed by atoms with E-state index in [1.54, 1.807) is 0 Å². The molecule has 17 heavy (non-hydrogen) atoms. The quantitative estimate of drug-likeness (QED) is 0.819. The van der Waals surface area contributed by atoms with E-state index >= 15 is 0 Å². The van der Waals surface area contributed by atoms with Gasteiger partial charge in [-0.25, -0.2) is 0 Å². The van der Waals surface area contributed by atoms with E-state index in [1.807, 2.05) is 0 Å². The number of hydrogen-bond donors (Lipinski definition) is 1. The molecular formula is C15H26N2. The predicted molar refractivity (Wildman–Crippen MR) is 76.6 cm³/mol. The minimum atomic E-state index is 0.713. The standard InChI is InChI=1S/C15H26N2/c1-12(2)7-9-17(10-8-16)15-6-5-13(3)14(4)11-15/h5-6,11-12H,7-10,16H2,1-4H3. The number of hydrogen-bond acceptors (Lipinski definition) is 2. The normalized spacial score (nSPS) is 10.9. The van der Waals surface area contributed by atoms with Gasteiger partial charge in [0.25, 0.3) is 0 Å². The van der Waals surface area contributed by atoms with Gasteiger partial charge in [-0.1, -0.05) is 19.9 Å². The van der Waals surface area contributed by atoms with Gasteiger partial charge in [0, 0.05) is 25.3 Å². The smallest absolute Gasteiger partial charge is 0.0369 e. The highest BCUT2D eigenvalue weighted by atomic mass is 15.1. The second-order valence-electron chi connectivity index (χ2n) is 5.23. The van der Waals surface area contributed by atoms with E-state index in [2.05, 4.69) is 50.8 Å². The van der Waals surface area contributed by atoms with Gasteiger partial charge in [0.05, 0.1) is 0 Å². The van der Waals surface area contributed by atoms with Crippen LogP contribution in [0.3, 0.4) is 0 Å². The molecule has 0 bridgehead atoms. The molecule has 2 nitrogen and oxygen atoms in total. The van der Waals surface area contributed by atoms with Gasteiger partial charge in [0.1, 0.15) is 0 Å². The lowest BCUT2D eigenvalue weighted by atomic mass is 10.1. The van der Waals surface area contributed by atoms with Crippen LogP contribution in [0.25, 0.3) is 0 Å². The molecule has 1 rings (SSSR count). The van der Waals surface area contributed by atoms with Crippen LogP contribution in [0.5, 0.6) is 0 Å². The van der Waals surface area contributed by atoms with Crippen molar-refractivity contribution in [2.45, 2.75) is 34.1 Å². The highest BCUT2D eigenvalue weighted by Crippen LogP contribution is 2.19. The van der Waals surface area contributed by atoms with Crippen LogP contribution in [0.1, 0.15) is 31.4 Å². The van der Waals surface area contributed by atoms with Crippen molar-refractivity contribution in [2.24, 2.45) is 11.7 Å². The SMILES string of the molecule is Cc1ccc(N(CCN)CCC(C)C)cc1C. The maximum atomic E-state index is 5.70. The van der Waals surface area contributed by atoms with Crippen LogP contribution >= 0.6 is 0 Å². The fourth-order valence-electron chi connectivity index (χ4n) is 1.86. The molecular weight excluding hydrogens is 208 g/mol. The molecule has 0 heterocycles. The summed E-state index contributed by atoms with van der Waals surface area (Å²) in [5, 5.41) is 0. The molecule has 0 fully saturated rings. The summed E-state index contributed by atoms with van der Waals surface area (Å²) in [4.78, 5) is 2.40. The number of benzene rings is 1. The molecule has 0 aliphatic carbocycles. The van der Waals surface area contributed by atoms with Gasteiger partial charge in [-0.3, -0.25) is 0 Å². The summed E-state index contributed by atoms with van der Waals surface area (Å²) >= 11 is 0. The Hall–Kier alpha value is -1.02. The number of anilines is 1. The van der Waals surface area contributed by atoms with Gasteiger partial charge < -0.3 is 10.6 Å². The summed E-state index contributed by atoms with van der Waals surface area (Å²) in [6.45, 7) is 11.6. The average molecular weight is 234 g/mol. The first-order valence-electron chi connectivity index (χ1n) is 6.57. The maximum absolute atomic E-state index is 5.70. The van der Waals surface area contributed by atoms with Crippen LogP contribution in [0.15, 0.2) is 18.2 Å². The molecule has 2 N–H and O–H groups in total. The van der Waals surface area contributed by atoms with Crippen LogP contribution in [0.4, 0.5) is 5.69 Å². The molecule has 0 unspecified atom stereocenters. The summed E-state index contributed by atoms with van der Waals surface area (Å²) in [6, 6.07) is 6.67. The fourth-order valence-corrected chi connectivity index (χ4v) is 1.86. The zero-order chi connectivity index (χ0) is 12.8. The van der Waals surface area contributed by atoms with Gasteiger partial charge in [-0.15, -0.1) is 0 Å². The molecule has 0 amide bonds. The third-order valence-electron chi connectivity index (χ3n) is 3.23. The highest BCUT2D eigenvalue weighted by molar-refractivity contribution is 5.50. The molecule has 0 radical (unpaired) electrons. The van der Waals surface area contributed by atoms with E-state index in [-0.39, 0.29) is 0 Å². The summed E-state index contributed by atoms with van der Waals surface area (Å²) < 4.78 is 0. The van der Waals surface area contributed by atoms with E-state index in [0.717, 1.165) is 19.0 Å². The summed E-state index contributed by atoms with van der Waals surface area (Å²) in [7, 11) is 0. The molecule has 0 spiro atoms. The minimum Gasteiger partial charge on any atom is -0.370 e. The van der Waals surface area contributed by atoms with Gasteiger partial charge in [-0.2, -0.15) is 0 Å². The van der Waals surface area contributed by atoms with E-state index in [0.29, 0.717) is 6.54 Å².